The number of phenolic OH excluding ortho intramolecular Hbond substituents is 1. The number of rotatable bonds is 3. The summed E-state index contributed by atoms with van der Waals surface area (Å²) in [6.45, 7) is 28.0. The van der Waals surface area contributed by atoms with Gasteiger partial charge in [0.1, 0.15) is 5.75 Å². The van der Waals surface area contributed by atoms with E-state index in [2.05, 4.69) is 114 Å². The standard InChI is InChI=1S/C31H48O2/c1-14-21(19-15-22(28(2,3)4)26(32)23(16-19)29(5,6)7)20-17-24(30(8,9)10)27(33)25(18-20)31(11,12)13/h15-19,21,33H,14H2,1-13H3. The number of hydrogen-bond acceptors (Lipinski definition) is 2. The van der Waals surface area contributed by atoms with Crippen LogP contribution in [0.2, 0.25) is 0 Å². The average Bonchev–Trinajstić information content (AvgIpc) is 2.60. The van der Waals surface area contributed by atoms with Crippen LogP contribution in [-0.4, -0.2) is 10.9 Å². The number of ketones is 1. The zero-order chi connectivity index (χ0) is 25.7. The topological polar surface area (TPSA) is 37.3 Å². The monoisotopic (exact) mass is 452 g/mol. The van der Waals surface area contributed by atoms with Crippen LogP contribution >= 0.6 is 0 Å². The molecule has 0 saturated carbocycles. The fraction of sp³-hybridized carbons (Fsp3) is 0.645. The third-order valence-corrected chi connectivity index (χ3v) is 6.90. The van der Waals surface area contributed by atoms with Crippen LogP contribution in [0.25, 0.3) is 0 Å². The Labute approximate surface area is 203 Å². The summed E-state index contributed by atoms with van der Waals surface area (Å²) in [5, 5.41) is 11.2. The highest BCUT2D eigenvalue weighted by molar-refractivity contribution is 6.10. The van der Waals surface area contributed by atoms with Crippen LogP contribution in [0, 0.1) is 16.7 Å². The van der Waals surface area contributed by atoms with E-state index in [1.165, 1.54) is 5.56 Å². The number of allylic oxidation sites excluding steroid dienone is 4. The zero-order valence-corrected chi connectivity index (χ0v) is 23.5. The van der Waals surface area contributed by atoms with Gasteiger partial charge in [-0.3, -0.25) is 4.79 Å². The van der Waals surface area contributed by atoms with Gasteiger partial charge in [0.15, 0.2) is 5.78 Å². The minimum absolute atomic E-state index is 0.140. The van der Waals surface area contributed by atoms with Gasteiger partial charge in [-0.25, -0.2) is 0 Å². The molecular formula is C31H48O2. The number of benzene rings is 1. The highest BCUT2D eigenvalue weighted by atomic mass is 16.3. The van der Waals surface area contributed by atoms with E-state index >= 15 is 0 Å². The van der Waals surface area contributed by atoms with Crippen molar-refractivity contribution in [1.29, 1.82) is 0 Å². The molecular weight excluding hydrogens is 404 g/mol. The van der Waals surface area contributed by atoms with Gasteiger partial charge in [-0.05, 0) is 50.7 Å². The van der Waals surface area contributed by atoms with E-state index in [0.29, 0.717) is 5.75 Å². The van der Waals surface area contributed by atoms with Crippen molar-refractivity contribution in [1.82, 2.24) is 0 Å². The van der Waals surface area contributed by atoms with E-state index in [1.54, 1.807) is 0 Å². The van der Waals surface area contributed by atoms with Crippen molar-refractivity contribution in [3.63, 3.8) is 0 Å². The van der Waals surface area contributed by atoms with E-state index in [-0.39, 0.29) is 39.3 Å². The Morgan fingerprint density at radius 2 is 1.09 bits per heavy atom. The van der Waals surface area contributed by atoms with Gasteiger partial charge in [-0.1, -0.05) is 114 Å². The molecule has 1 atom stereocenters. The predicted molar refractivity (Wildman–Crippen MR) is 142 cm³/mol. The van der Waals surface area contributed by atoms with Crippen molar-refractivity contribution in [2.75, 3.05) is 0 Å². The molecule has 2 rings (SSSR count). The zero-order valence-electron chi connectivity index (χ0n) is 23.5. The lowest BCUT2D eigenvalue weighted by Crippen LogP contribution is -2.31. The van der Waals surface area contributed by atoms with Crippen LogP contribution in [0.4, 0.5) is 0 Å². The molecule has 1 aliphatic carbocycles. The van der Waals surface area contributed by atoms with Gasteiger partial charge in [-0.2, -0.15) is 0 Å². The molecule has 184 valence electrons. The van der Waals surface area contributed by atoms with E-state index in [4.69, 9.17) is 0 Å². The SMILES string of the molecule is CCC(c1cc(C(C)(C)C)c(O)c(C(C)(C)C)c1)C1C=C(C(C)(C)C)C(=O)C(C(C)(C)C)=C1. The summed E-state index contributed by atoms with van der Waals surface area (Å²) in [6, 6.07) is 4.43. The molecule has 0 amide bonds. The maximum absolute atomic E-state index is 13.5. The van der Waals surface area contributed by atoms with Gasteiger partial charge in [0.05, 0.1) is 0 Å². The first-order chi connectivity index (χ1) is 14.7. The molecule has 1 aliphatic rings. The Hall–Kier alpha value is -1.83. The van der Waals surface area contributed by atoms with Crippen molar-refractivity contribution in [3.05, 3.63) is 52.1 Å². The lowest BCUT2D eigenvalue weighted by Gasteiger charge is -2.36. The summed E-state index contributed by atoms with van der Waals surface area (Å²) in [7, 11) is 0. The third kappa shape index (κ3) is 5.81. The molecule has 2 heteroatoms. The number of aromatic hydroxyl groups is 1. The third-order valence-electron chi connectivity index (χ3n) is 6.90. The van der Waals surface area contributed by atoms with E-state index in [9.17, 15) is 9.90 Å². The number of phenols is 1. The molecule has 1 aromatic carbocycles. The maximum atomic E-state index is 13.5. The largest absolute Gasteiger partial charge is 0.507 e. The molecule has 0 aromatic heterocycles. The summed E-state index contributed by atoms with van der Waals surface area (Å²) in [5.41, 5.74) is 4.33. The first-order valence-corrected chi connectivity index (χ1v) is 12.6. The van der Waals surface area contributed by atoms with E-state index in [0.717, 1.165) is 28.7 Å². The quantitative estimate of drug-likeness (QED) is 0.498. The van der Waals surface area contributed by atoms with Crippen molar-refractivity contribution in [3.8, 4) is 5.75 Å². The van der Waals surface area contributed by atoms with Gasteiger partial charge < -0.3 is 5.11 Å². The molecule has 0 aliphatic heterocycles. The molecule has 33 heavy (non-hydrogen) atoms. The lowest BCUT2D eigenvalue weighted by molar-refractivity contribution is -0.114. The molecule has 1 aromatic rings. The number of hydrogen-bond donors (Lipinski definition) is 1. The van der Waals surface area contributed by atoms with Gasteiger partial charge in [0, 0.05) is 17.1 Å². The number of carbonyl (C=O) groups excluding carboxylic acids is 1. The minimum atomic E-state index is -0.208. The van der Waals surface area contributed by atoms with Crippen molar-refractivity contribution in [2.24, 2.45) is 16.7 Å². The number of Topliss-reactive ketones (excluding diaryl/α,β-unsaturated/α-hetero) is 1. The van der Waals surface area contributed by atoms with Gasteiger partial charge in [-0.15, -0.1) is 0 Å². The first-order valence-electron chi connectivity index (χ1n) is 12.6. The van der Waals surface area contributed by atoms with Crippen LogP contribution < -0.4 is 0 Å². The molecule has 1 N–H and O–H groups in total. The van der Waals surface area contributed by atoms with Gasteiger partial charge in [0.2, 0.25) is 0 Å². The molecule has 0 radical (unpaired) electrons. The second-order valence-corrected chi connectivity index (χ2v) is 14.0. The molecule has 0 heterocycles. The Bertz CT molecular complexity index is 891. The van der Waals surface area contributed by atoms with E-state index < -0.39 is 0 Å². The summed E-state index contributed by atoms with van der Waals surface area (Å²) in [4.78, 5) is 13.5. The number of carbonyl (C=O) groups is 1. The molecule has 0 bridgehead atoms. The second-order valence-electron chi connectivity index (χ2n) is 14.0. The fourth-order valence-electron chi connectivity index (χ4n) is 4.89. The summed E-state index contributed by atoms with van der Waals surface area (Å²) >= 11 is 0. The highest BCUT2D eigenvalue weighted by Gasteiger charge is 2.37. The van der Waals surface area contributed by atoms with E-state index in [1.807, 2.05) is 0 Å². The normalized spacial score (nSPS) is 17.7. The predicted octanol–water partition coefficient (Wildman–Crippen LogP) is 8.62. The van der Waals surface area contributed by atoms with Gasteiger partial charge in [0.25, 0.3) is 0 Å². The van der Waals surface area contributed by atoms with Crippen molar-refractivity contribution >= 4 is 5.78 Å². The van der Waals surface area contributed by atoms with Crippen LogP contribution in [0.3, 0.4) is 0 Å². The Kier molecular flexibility index (Phi) is 7.27. The Morgan fingerprint density at radius 1 is 0.727 bits per heavy atom. The molecule has 1 unspecified atom stereocenters. The Morgan fingerprint density at radius 3 is 1.36 bits per heavy atom. The summed E-state index contributed by atoms with van der Waals surface area (Å²) in [5.74, 6) is 0.985. The lowest BCUT2D eigenvalue weighted by atomic mass is 9.67. The van der Waals surface area contributed by atoms with Crippen LogP contribution in [0.1, 0.15) is 119 Å². The van der Waals surface area contributed by atoms with Gasteiger partial charge >= 0.3 is 0 Å². The maximum Gasteiger partial charge on any atom is 0.185 e. The molecule has 2 nitrogen and oxygen atoms in total. The van der Waals surface area contributed by atoms with Crippen LogP contribution in [0.15, 0.2) is 35.4 Å². The van der Waals surface area contributed by atoms with Crippen molar-refractivity contribution in [2.45, 2.75) is 113 Å². The summed E-state index contributed by atoms with van der Waals surface area (Å²) < 4.78 is 0. The highest BCUT2D eigenvalue weighted by Crippen LogP contribution is 2.46. The first kappa shape index (κ1) is 27.4. The minimum Gasteiger partial charge on any atom is -0.507 e. The molecule has 0 saturated heterocycles. The summed E-state index contributed by atoms with van der Waals surface area (Å²) in [6.07, 6.45) is 5.41. The average molecular weight is 453 g/mol. The fourth-order valence-corrected chi connectivity index (χ4v) is 4.89. The van der Waals surface area contributed by atoms with Crippen LogP contribution in [0.5, 0.6) is 5.75 Å². The Balaban J connectivity index is 2.81. The van der Waals surface area contributed by atoms with Crippen LogP contribution in [-0.2, 0) is 15.6 Å². The molecule has 0 fully saturated rings. The smallest absolute Gasteiger partial charge is 0.185 e. The molecule has 0 spiro atoms. The van der Waals surface area contributed by atoms with Crippen molar-refractivity contribution < 1.29 is 9.90 Å². The second kappa shape index (κ2) is 8.75.